The zero-order chi connectivity index (χ0) is 18.0. The first-order valence-corrected chi connectivity index (χ1v) is 7.67. The summed E-state index contributed by atoms with van der Waals surface area (Å²) >= 11 is 0. The SMILES string of the molecule is COCCOC(=O)c1nnc2c(-c3ccc(F)cc3)c(C)nn2c1C. The van der Waals surface area contributed by atoms with Crippen LogP contribution in [0.4, 0.5) is 4.39 Å². The van der Waals surface area contributed by atoms with Crippen molar-refractivity contribution in [1.82, 2.24) is 19.8 Å². The van der Waals surface area contributed by atoms with E-state index in [0.717, 1.165) is 11.1 Å². The van der Waals surface area contributed by atoms with Gasteiger partial charge in [-0.25, -0.2) is 13.7 Å². The van der Waals surface area contributed by atoms with Gasteiger partial charge in [0, 0.05) is 7.11 Å². The van der Waals surface area contributed by atoms with Crippen LogP contribution in [0.15, 0.2) is 24.3 Å². The molecule has 0 atom stereocenters. The van der Waals surface area contributed by atoms with Gasteiger partial charge in [0.2, 0.25) is 0 Å². The molecule has 0 spiro atoms. The van der Waals surface area contributed by atoms with Crippen LogP contribution in [0.1, 0.15) is 21.9 Å². The van der Waals surface area contributed by atoms with Gasteiger partial charge in [0.1, 0.15) is 12.4 Å². The van der Waals surface area contributed by atoms with Crippen molar-refractivity contribution in [1.29, 1.82) is 0 Å². The fraction of sp³-hybridized carbons (Fsp3) is 0.294. The van der Waals surface area contributed by atoms with Crippen molar-refractivity contribution in [2.45, 2.75) is 13.8 Å². The molecule has 0 saturated heterocycles. The van der Waals surface area contributed by atoms with Gasteiger partial charge in [0.05, 0.1) is 23.6 Å². The number of hydrogen-bond donors (Lipinski definition) is 0. The van der Waals surface area contributed by atoms with E-state index in [4.69, 9.17) is 9.47 Å². The van der Waals surface area contributed by atoms with Crippen LogP contribution in [0.2, 0.25) is 0 Å². The molecule has 3 rings (SSSR count). The van der Waals surface area contributed by atoms with Crippen LogP contribution in [0, 0.1) is 19.7 Å². The number of carbonyl (C=O) groups is 1. The molecule has 3 aromatic rings. The third-order valence-corrected chi connectivity index (χ3v) is 3.79. The number of hydrogen-bond acceptors (Lipinski definition) is 6. The predicted molar refractivity (Wildman–Crippen MR) is 87.8 cm³/mol. The van der Waals surface area contributed by atoms with Gasteiger partial charge in [-0.15, -0.1) is 10.2 Å². The molecular formula is C17H17FN4O3. The first-order chi connectivity index (χ1) is 12.0. The summed E-state index contributed by atoms with van der Waals surface area (Å²) in [5.41, 5.74) is 3.33. The fourth-order valence-corrected chi connectivity index (χ4v) is 2.54. The van der Waals surface area contributed by atoms with Gasteiger partial charge in [-0.3, -0.25) is 0 Å². The Hall–Kier alpha value is -2.87. The number of aromatic nitrogens is 4. The Morgan fingerprint density at radius 2 is 1.88 bits per heavy atom. The predicted octanol–water partition coefficient (Wildman–Crippen LogP) is 2.35. The van der Waals surface area contributed by atoms with Crippen LogP contribution in [0.5, 0.6) is 0 Å². The second kappa shape index (κ2) is 6.94. The largest absolute Gasteiger partial charge is 0.458 e. The van der Waals surface area contributed by atoms with Crippen molar-refractivity contribution in [3.8, 4) is 11.1 Å². The van der Waals surface area contributed by atoms with Gasteiger partial charge < -0.3 is 9.47 Å². The molecule has 0 aliphatic carbocycles. The van der Waals surface area contributed by atoms with E-state index in [1.165, 1.54) is 19.2 Å². The molecule has 7 nitrogen and oxygen atoms in total. The summed E-state index contributed by atoms with van der Waals surface area (Å²) in [5.74, 6) is -0.901. The van der Waals surface area contributed by atoms with Crippen molar-refractivity contribution in [2.24, 2.45) is 0 Å². The highest BCUT2D eigenvalue weighted by Crippen LogP contribution is 2.27. The first kappa shape index (κ1) is 17.0. The smallest absolute Gasteiger partial charge is 0.360 e. The highest BCUT2D eigenvalue weighted by atomic mass is 19.1. The zero-order valence-electron chi connectivity index (χ0n) is 14.1. The number of fused-ring (bicyclic) bond motifs is 1. The van der Waals surface area contributed by atoms with Crippen LogP contribution in [0.3, 0.4) is 0 Å². The average Bonchev–Trinajstić information content (AvgIpc) is 2.93. The summed E-state index contributed by atoms with van der Waals surface area (Å²) in [6.45, 7) is 3.97. The van der Waals surface area contributed by atoms with Crippen molar-refractivity contribution >= 4 is 11.6 Å². The van der Waals surface area contributed by atoms with Gasteiger partial charge in [0.15, 0.2) is 11.3 Å². The highest BCUT2D eigenvalue weighted by Gasteiger charge is 2.21. The standard InChI is InChI=1S/C17H17FN4O3/c1-10-14(12-4-6-13(18)7-5-12)16-20-19-15(11(2)22(16)21-10)17(23)25-9-8-24-3/h4-7H,8-9H2,1-3H3. The number of nitrogens with zero attached hydrogens (tertiary/aromatic N) is 4. The normalized spacial score (nSPS) is 11.0. The summed E-state index contributed by atoms with van der Waals surface area (Å²) in [6, 6.07) is 6.06. The first-order valence-electron chi connectivity index (χ1n) is 7.67. The molecule has 0 N–H and O–H groups in total. The molecule has 0 fully saturated rings. The van der Waals surface area contributed by atoms with Crippen molar-refractivity contribution in [3.05, 3.63) is 47.2 Å². The molecule has 0 saturated carbocycles. The van der Waals surface area contributed by atoms with Crippen molar-refractivity contribution < 1.29 is 18.7 Å². The van der Waals surface area contributed by atoms with E-state index in [2.05, 4.69) is 15.3 Å². The van der Waals surface area contributed by atoms with E-state index < -0.39 is 5.97 Å². The summed E-state index contributed by atoms with van der Waals surface area (Å²) in [5, 5.41) is 12.6. The third-order valence-electron chi connectivity index (χ3n) is 3.79. The summed E-state index contributed by atoms with van der Waals surface area (Å²) in [7, 11) is 1.52. The molecule has 25 heavy (non-hydrogen) atoms. The summed E-state index contributed by atoms with van der Waals surface area (Å²) in [6.07, 6.45) is 0. The molecule has 1 aromatic carbocycles. The maximum absolute atomic E-state index is 13.2. The lowest BCUT2D eigenvalue weighted by molar-refractivity contribution is 0.0378. The summed E-state index contributed by atoms with van der Waals surface area (Å²) < 4.78 is 24.6. The minimum absolute atomic E-state index is 0.0942. The average molecular weight is 344 g/mol. The van der Waals surface area contributed by atoms with Gasteiger partial charge in [-0.2, -0.15) is 5.10 Å². The van der Waals surface area contributed by atoms with Crippen molar-refractivity contribution in [3.63, 3.8) is 0 Å². The number of esters is 1. The molecule has 2 aromatic heterocycles. The van der Waals surface area contributed by atoms with Crippen LogP contribution in [0.25, 0.3) is 16.8 Å². The van der Waals surface area contributed by atoms with Gasteiger partial charge in [0.25, 0.3) is 0 Å². The minimum atomic E-state index is -0.583. The molecule has 0 radical (unpaired) electrons. The Morgan fingerprint density at radius 1 is 1.16 bits per heavy atom. The maximum atomic E-state index is 13.2. The molecule has 0 unspecified atom stereocenters. The second-order valence-corrected chi connectivity index (χ2v) is 5.47. The van der Waals surface area contributed by atoms with Crippen molar-refractivity contribution in [2.75, 3.05) is 20.3 Å². The topological polar surface area (TPSA) is 78.6 Å². The molecule has 0 aliphatic heterocycles. The Labute approximate surface area is 143 Å². The monoisotopic (exact) mass is 344 g/mol. The molecule has 0 amide bonds. The maximum Gasteiger partial charge on any atom is 0.360 e. The quantitative estimate of drug-likeness (QED) is 0.522. The Morgan fingerprint density at radius 3 is 2.56 bits per heavy atom. The van der Waals surface area contributed by atoms with E-state index in [1.807, 2.05) is 6.92 Å². The molecule has 0 bridgehead atoms. The van der Waals surface area contributed by atoms with Crippen LogP contribution < -0.4 is 0 Å². The molecule has 8 heteroatoms. The van der Waals surface area contributed by atoms with E-state index in [-0.39, 0.29) is 18.1 Å². The van der Waals surface area contributed by atoms with Gasteiger partial charge in [-0.05, 0) is 31.5 Å². The number of rotatable bonds is 5. The lowest BCUT2D eigenvalue weighted by Crippen LogP contribution is -2.16. The van der Waals surface area contributed by atoms with Gasteiger partial charge in [-0.1, -0.05) is 12.1 Å². The minimum Gasteiger partial charge on any atom is -0.458 e. The van der Waals surface area contributed by atoms with E-state index >= 15 is 0 Å². The Bertz CT molecular complexity index is 922. The van der Waals surface area contributed by atoms with Crippen LogP contribution in [-0.2, 0) is 9.47 Å². The number of benzene rings is 1. The third kappa shape index (κ3) is 3.20. The lowest BCUT2D eigenvalue weighted by atomic mass is 10.1. The van der Waals surface area contributed by atoms with Crippen LogP contribution >= 0.6 is 0 Å². The van der Waals surface area contributed by atoms with E-state index in [0.29, 0.717) is 23.6 Å². The number of carbonyl (C=O) groups excluding carboxylic acids is 1. The highest BCUT2D eigenvalue weighted by molar-refractivity contribution is 5.89. The molecule has 2 heterocycles. The van der Waals surface area contributed by atoms with E-state index in [9.17, 15) is 9.18 Å². The van der Waals surface area contributed by atoms with E-state index in [1.54, 1.807) is 23.6 Å². The summed E-state index contributed by atoms with van der Waals surface area (Å²) in [4.78, 5) is 12.1. The second-order valence-electron chi connectivity index (χ2n) is 5.47. The Balaban J connectivity index is 2.03. The molecule has 0 aliphatic rings. The number of aryl methyl sites for hydroxylation is 2. The van der Waals surface area contributed by atoms with Crippen LogP contribution in [-0.4, -0.2) is 46.1 Å². The zero-order valence-corrected chi connectivity index (χ0v) is 14.1. The lowest BCUT2D eigenvalue weighted by Gasteiger charge is -2.07. The van der Waals surface area contributed by atoms with Gasteiger partial charge >= 0.3 is 5.97 Å². The number of methoxy groups -OCH3 is 1. The fourth-order valence-electron chi connectivity index (χ4n) is 2.54. The molecular weight excluding hydrogens is 327 g/mol. The molecule has 130 valence electrons. The Kier molecular flexibility index (Phi) is 4.71. The number of halogens is 1. The number of ether oxygens (including phenoxy) is 2.